The predicted octanol–water partition coefficient (Wildman–Crippen LogP) is 1.85. The molecule has 0 aliphatic carbocycles. The van der Waals surface area contributed by atoms with Crippen LogP contribution in [0.1, 0.15) is 15.9 Å². The molecular weight excluding hydrogens is 380 g/mol. The Morgan fingerprint density at radius 1 is 1.29 bits per heavy atom. The zero-order valence-electron chi connectivity index (χ0n) is 14.9. The van der Waals surface area contributed by atoms with Crippen LogP contribution in [0.5, 0.6) is 0 Å². The maximum absolute atomic E-state index is 12.6. The lowest BCUT2D eigenvalue weighted by atomic mass is 10.1. The van der Waals surface area contributed by atoms with E-state index in [1.54, 1.807) is 31.3 Å². The Hall–Kier alpha value is -3.53. The smallest absolute Gasteiger partial charge is 0.324 e. The lowest BCUT2D eigenvalue weighted by Crippen LogP contribution is -2.30. The number of carbonyl (C=O) groups excluding carboxylic acids is 3. The van der Waals surface area contributed by atoms with Gasteiger partial charge in [0, 0.05) is 12.6 Å². The number of nitrogens with zero attached hydrogens (tertiary/aromatic N) is 4. The molecule has 4 rings (SSSR count). The first-order chi connectivity index (χ1) is 13.5. The molecule has 0 spiro atoms. The number of amides is 4. The largest absolute Gasteiger partial charge is 0.329 e. The molecule has 9 nitrogen and oxygen atoms in total. The van der Waals surface area contributed by atoms with Gasteiger partial charge in [-0.15, -0.1) is 16.4 Å². The highest BCUT2D eigenvalue weighted by molar-refractivity contribution is 7.13. The first kappa shape index (κ1) is 17.9. The SMILES string of the molecule is Cn1nc(-c2cccs2)nc1NC(=O)c1cccc(CN2C(=O)CNC2=O)c1. The fraction of sp³-hybridized carbons (Fsp3) is 0.167. The number of benzene rings is 1. The molecule has 1 aliphatic heterocycles. The van der Waals surface area contributed by atoms with Crippen LogP contribution in [0.4, 0.5) is 10.7 Å². The molecule has 2 N–H and O–H groups in total. The summed E-state index contributed by atoms with van der Waals surface area (Å²) in [6.45, 7) is 0.107. The van der Waals surface area contributed by atoms with E-state index in [9.17, 15) is 14.4 Å². The van der Waals surface area contributed by atoms with E-state index in [0.717, 1.165) is 9.78 Å². The molecule has 1 aromatic carbocycles. The number of aryl methyl sites for hydroxylation is 1. The Labute approximate surface area is 164 Å². The van der Waals surface area contributed by atoms with Gasteiger partial charge in [0.1, 0.15) is 0 Å². The third kappa shape index (κ3) is 3.49. The number of anilines is 1. The summed E-state index contributed by atoms with van der Waals surface area (Å²) in [4.78, 5) is 42.4. The molecule has 2 aromatic heterocycles. The van der Waals surface area contributed by atoms with Crippen molar-refractivity contribution in [2.24, 2.45) is 7.05 Å². The Kier molecular flexibility index (Phi) is 4.62. The van der Waals surface area contributed by atoms with Crippen molar-refractivity contribution in [3.8, 4) is 10.7 Å². The van der Waals surface area contributed by atoms with Crippen molar-refractivity contribution in [3.05, 3.63) is 52.9 Å². The van der Waals surface area contributed by atoms with Crippen LogP contribution in [-0.4, -0.2) is 44.1 Å². The molecule has 0 saturated carbocycles. The molecule has 3 aromatic rings. The van der Waals surface area contributed by atoms with E-state index in [1.807, 2.05) is 17.5 Å². The van der Waals surface area contributed by atoms with Gasteiger partial charge in [0.2, 0.25) is 11.9 Å². The van der Waals surface area contributed by atoms with Crippen molar-refractivity contribution in [1.82, 2.24) is 25.0 Å². The second kappa shape index (κ2) is 7.24. The van der Waals surface area contributed by atoms with Gasteiger partial charge in [0.05, 0.1) is 18.0 Å². The summed E-state index contributed by atoms with van der Waals surface area (Å²) in [5.74, 6) is 0.223. The highest BCUT2D eigenvalue weighted by Crippen LogP contribution is 2.22. The zero-order valence-corrected chi connectivity index (χ0v) is 15.7. The zero-order chi connectivity index (χ0) is 19.7. The van der Waals surface area contributed by atoms with E-state index in [0.29, 0.717) is 22.9 Å². The van der Waals surface area contributed by atoms with E-state index in [1.165, 1.54) is 16.0 Å². The molecule has 142 valence electrons. The van der Waals surface area contributed by atoms with E-state index in [2.05, 4.69) is 20.7 Å². The van der Waals surface area contributed by atoms with Crippen LogP contribution in [-0.2, 0) is 18.4 Å². The van der Waals surface area contributed by atoms with Crippen LogP contribution in [0.3, 0.4) is 0 Å². The lowest BCUT2D eigenvalue weighted by Gasteiger charge is -2.13. The summed E-state index contributed by atoms with van der Waals surface area (Å²) in [5.41, 5.74) is 1.07. The third-order valence-electron chi connectivity index (χ3n) is 4.20. The van der Waals surface area contributed by atoms with Crippen molar-refractivity contribution in [3.63, 3.8) is 0 Å². The molecule has 1 fully saturated rings. The fourth-order valence-corrected chi connectivity index (χ4v) is 3.44. The molecule has 1 aliphatic rings. The quantitative estimate of drug-likeness (QED) is 0.640. The van der Waals surface area contributed by atoms with Gasteiger partial charge in [-0.25, -0.2) is 9.48 Å². The summed E-state index contributed by atoms with van der Waals surface area (Å²) in [5, 5.41) is 11.5. The van der Waals surface area contributed by atoms with Gasteiger partial charge in [-0.3, -0.25) is 19.8 Å². The second-order valence-corrected chi connectivity index (χ2v) is 7.10. The third-order valence-corrected chi connectivity index (χ3v) is 5.06. The van der Waals surface area contributed by atoms with Crippen LogP contribution in [0, 0.1) is 0 Å². The van der Waals surface area contributed by atoms with Crippen molar-refractivity contribution >= 4 is 35.1 Å². The number of hydrogen-bond donors (Lipinski definition) is 2. The Morgan fingerprint density at radius 2 is 2.14 bits per heavy atom. The van der Waals surface area contributed by atoms with E-state index in [4.69, 9.17) is 0 Å². The predicted molar refractivity (Wildman–Crippen MR) is 103 cm³/mol. The van der Waals surface area contributed by atoms with Gasteiger partial charge in [-0.2, -0.15) is 4.98 Å². The number of nitrogens with one attached hydrogen (secondary N) is 2. The highest BCUT2D eigenvalue weighted by atomic mass is 32.1. The lowest BCUT2D eigenvalue weighted by molar-refractivity contribution is -0.125. The van der Waals surface area contributed by atoms with Crippen LogP contribution >= 0.6 is 11.3 Å². The van der Waals surface area contributed by atoms with Gasteiger partial charge >= 0.3 is 6.03 Å². The van der Waals surface area contributed by atoms with E-state index >= 15 is 0 Å². The summed E-state index contributed by atoms with van der Waals surface area (Å²) in [6, 6.07) is 10.1. The van der Waals surface area contributed by atoms with Crippen LogP contribution in [0.25, 0.3) is 10.7 Å². The summed E-state index contributed by atoms with van der Waals surface area (Å²) < 4.78 is 1.50. The molecular formula is C18H16N6O3S. The minimum atomic E-state index is -0.431. The molecule has 1 saturated heterocycles. The van der Waals surface area contributed by atoms with E-state index in [-0.39, 0.29) is 24.9 Å². The first-order valence-corrected chi connectivity index (χ1v) is 9.32. The van der Waals surface area contributed by atoms with Crippen LogP contribution < -0.4 is 10.6 Å². The Morgan fingerprint density at radius 3 is 2.86 bits per heavy atom. The summed E-state index contributed by atoms with van der Waals surface area (Å²) >= 11 is 1.51. The van der Waals surface area contributed by atoms with Gasteiger partial charge in [0.15, 0.2) is 5.82 Å². The van der Waals surface area contributed by atoms with Gasteiger partial charge in [-0.05, 0) is 29.1 Å². The number of imide groups is 1. The summed E-state index contributed by atoms with van der Waals surface area (Å²) in [7, 11) is 1.70. The van der Waals surface area contributed by atoms with Gasteiger partial charge in [0.25, 0.3) is 5.91 Å². The van der Waals surface area contributed by atoms with Crippen molar-refractivity contribution in [2.45, 2.75) is 6.54 Å². The molecule has 0 bridgehead atoms. The maximum atomic E-state index is 12.6. The van der Waals surface area contributed by atoms with Gasteiger partial charge in [-0.1, -0.05) is 18.2 Å². The summed E-state index contributed by atoms with van der Waals surface area (Å²) in [6.07, 6.45) is 0. The minimum Gasteiger partial charge on any atom is -0.329 e. The number of carbonyl (C=O) groups is 3. The molecule has 28 heavy (non-hydrogen) atoms. The number of urea groups is 1. The van der Waals surface area contributed by atoms with E-state index < -0.39 is 6.03 Å². The molecule has 10 heteroatoms. The number of hydrogen-bond acceptors (Lipinski definition) is 6. The standard InChI is InChI=1S/C18H16N6O3S/c1-23-17(20-15(22-23)13-6-3-7-28-13)21-16(26)12-5-2-4-11(8-12)10-24-14(25)9-19-18(24)27/h2-8H,9-10H2,1H3,(H,19,27)(H,20,21,22,26). The molecule has 4 amide bonds. The average molecular weight is 396 g/mol. The highest BCUT2D eigenvalue weighted by Gasteiger charge is 2.28. The Balaban J connectivity index is 1.50. The van der Waals surface area contributed by atoms with Crippen LogP contribution in [0.15, 0.2) is 41.8 Å². The normalized spacial score (nSPS) is 13.7. The van der Waals surface area contributed by atoms with Crippen molar-refractivity contribution in [1.29, 1.82) is 0 Å². The number of rotatable bonds is 5. The molecule has 0 radical (unpaired) electrons. The maximum Gasteiger partial charge on any atom is 0.324 e. The van der Waals surface area contributed by atoms with Crippen molar-refractivity contribution in [2.75, 3.05) is 11.9 Å². The average Bonchev–Trinajstić information content (AvgIpc) is 3.40. The fourth-order valence-electron chi connectivity index (χ4n) is 2.79. The monoisotopic (exact) mass is 396 g/mol. The number of thiophene rings is 1. The second-order valence-electron chi connectivity index (χ2n) is 6.15. The first-order valence-electron chi connectivity index (χ1n) is 8.44. The van der Waals surface area contributed by atoms with Gasteiger partial charge < -0.3 is 5.32 Å². The molecule has 0 atom stereocenters. The molecule has 3 heterocycles. The van der Waals surface area contributed by atoms with Crippen molar-refractivity contribution < 1.29 is 14.4 Å². The molecule has 0 unspecified atom stereocenters. The number of aromatic nitrogens is 3. The topological polar surface area (TPSA) is 109 Å². The minimum absolute atomic E-state index is 0.00224. The van der Waals surface area contributed by atoms with Crippen LogP contribution in [0.2, 0.25) is 0 Å². The Bertz CT molecular complexity index is 1040.